The molecule has 1 aliphatic carbocycles. The van der Waals surface area contributed by atoms with Gasteiger partial charge in [-0.1, -0.05) is 37.9 Å². The lowest BCUT2D eigenvalue weighted by molar-refractivity contribution is -0.114. The summed E-state index contributed by atoms with van der Waals surface area (Å²) in [6.45, 7) is 0. The summed E-state index contributed by atoms with van der Waals surface area (Å²) in [4.78, 5) is 11.3. The van der Waals surface area contributed by atoms with Crippen LogP contribution in [0.5, 0.6) is 0 Å². The van der Waals surface area contributed by atoms with Crippen LogP contribution in [0.25, 0.3) is 0 Å². The van der Waals surface area contributed by atoms with Gasteiger partial charge >= 0.3 is 0 Å². The van der Waals surface area contributed by atoms with E-state index in [-0.39, 0.29) is 15.4 Å². The van der Waals surface area contributed by atoms with E-state index in [1.54, 1.807) is 0 Å². The lowest BCUT2D eigenvalue weighted by atomic mass is 10.1. The third-order valence-corrected chi connectivity index (χ3v) is 4.71. The average Bonchev–Trinajstić information content (AvgIpc) is 1.93. The quantitative estimate of drug-likeness (QED) is 0.623. The van der Waals surface area contributed by atoms with E-state index in [2.05, 4.69) is 47.8 Å². The first kappa shape index (κ1) is 8.94. The van der Waals surface area contributed by atoms with Gasteiger partial charge in [-0.3, -0.25) is 4.79 Å². The van der Waals surface area contributed by atoms with E-state index in [9.17, 15) is 4.79 Å². The lowest BCUT2D eigenvalue weighted by Crippen LogP contribution is -2.27. The van der Waals surface area contributed by atoms with Crippen molar-refractivity contribution >= 4 is 53.6 Å². The minimum atomic E-state index is -0.0770. The van der Waals surface area contributed by atoms with Crippen LogP contribution in [0.3, 0.4) is 0 Å². The second kappa shape index (κ2) is 3.50. The Labute approximate surface area is 84.6 Å². The van der Waals surface area contributed by atoms with Gasteiger partial charge in [-0.25, -0.2) is 0 Å². The van der Waals surface area contributed by atoms with Crippen LogP contribution < -0.4 is 0 Å². The monoisotopic (exact) mass is 330 g/mol. The molecule has 0 aromatic carbocycles. The number of ketones is 1. The van der Waals surface area contributed by atoms with Crippen molar-refractivity contribution in [2.24, 2.45) is 0 Å². The number of carbonyl (C=O) groups excluding carboxylic acids is 1. The molecule has 0 amide bonds. The Hall–Kier alpha value is 0.850. The van der Waals surface area contributed by atoms with Crippen molar-refractivity contribution in [1.29, 1.82) is 0 Å². The van der Waals surface area contributed by atoms with Crippen LogP contribution in [-0.2, 0) is 4.79 Å². The van der Waals surface area contributed by atoms with Crippen LogP contribution in [0.15, 0.2) is 10.6 Å². The molecule has 1 rings (SSSR count). The van der Waals surface area contributed by atoms with Gasteiger partial charge in [0.15, 0.2) is 5.78 Å². The highest BCUT2D eigenvalue weighted by Gasteiger charge is 2.28. The number of hydrogen-bond acceptors (Lipinski definition) is 1. The summed E-state index contributed by atoms with van der Waals surface area (Å²) >= 11 is 9.86. The number of hydrogen-bond donors (Lipinski definition) is 0. The maximum absolute atomic E-state index is 11.1. The van der Waals surface area contributed by atoms with Crippen LogP contribution >= 0.6 is 47.8 Å². The molecule has 0 fully saturated rings. The first-order valence-electron chi connectivity index (χ1n) is 2.81. The summed E-state index contributed by atoms with van der Waals surface area (Å²) in [5.41, 5.74) is 0. The molecule has 0 N–H and O–H groups in total. The van der Waals surface area contributed by atoms with Crippen LogP contribution in [0.1, 0.15) is 6.42 Å². The fourth-order valence-corrected chi connectivity index (χ4v) is 2.36. The number of allylic oxidation sites excluding steroid dienone is 2. The maximum atomic E-state index is 11.1. The normalized spacial score (nSPS) is 33.9. The Morgan fingerprint density at radius 2 is 2.10 bits per heavy atom. The molecule has 10 heavy (non-hydrogen) atoms. The first-order valence-corrected chi connectivity index (χ1v) is 5.43. The van der Waals surface area contributed by atoms with Crippen LogP contribution in [0.2, 0.25) is 0 Å². The van der Waals surface area contributed by atoms with Crippen molar-refractivity contribution in [3.63, 3.8) is 0 Å². The van der Waals surface area contributed by atoms with E-state index in [1.807, 2.05) is 6.08 Å². The predicted molar refractivity (Wildman–Crippen MR) is 52.1 cm³/mol. The van der Waals surface area contributed by atoms with Gasteiger partial charge in [0.25, 0.3) is 0 Å². The minimum Gasteiger partial charge on any atom is -0.292 e. The molecule has 1 nitrogen and oxygen atoms in total. The minimum absolute atomic E-state index is 0.0770. The molecular weight excluding hydrogens is 328 g/mol. The van der Waals surface area contributed by atoms with Crippen molar-refractivity contribution < 1.29 is 4.79 Å². The number of Topliss-reactive ketones (excluding diaryl/α,β-unsaturated/α-hetero) is 1. The molecule has 0 aromatic heterocycles. The summed E-state index contributed by atoms with van der Waals surface area (Å²) in [6, 6.07) is 0. The molecule has 0 bridgehead atoms. The molecule has 1 aliphatic rings. The van der Waals surface area contributed by atoms with Crippen molar-refractivity contribution in [2.75, 3.05) is 0 Å². The van der Waals surface area contributed by atoms with E-state index < -0.39 is 0 Å². The molecule has 0 radical (unpaired) electrons. The van der Waals surface area contributed by atoms with Gasteiger partial charge in [-0.05, 0) is 22.4 Å². The molecule has 0 spiro atoms. The topological polar surface area (TPSA) is 17.1 Å². The van der Waals surface area contributed by atoms with Crippen molar-refractivity contribution in [2.45, 2.75) is 16.1 Å². The molecule has 2 unspecified atom stereocenters. The third-order valence-electron chi connectivity index (χ3n) is 1.33. The van der Waals surface area contributed by atoms with Crippen LogP contribution in [-0.4, -0.2) is 15.4 Å². The number of alkyl halides is 2. The Bertz CT molecular complexity index is 187. The van der Waals surface area contributed by atoms with Crippen molar-refractivity contribution in [3.8, 4) is 0 Å². The zero-order valence-electron chi connectivity index (χ0n) is 4.98. The first-order chi connectivity index (χ1) is 4.63. The van der Waals surface area contributed by atoms with Crippen LogP contribution in [0, 0.1) is 0 Å². The highest BCUT2D eigenvalue weighted by atomic mass is 79.9. The molecule has 0 aliphatic heterocycles. The highest BCUT2D eigenvalue weighted by Crippen LogP contribution is 2.29. The third kappa shape index (κ3) is 1.71. The van der Waals surface area contributed by atoms with Gasteiger partial charge in [0, 0.05) is 4.83 Å². The van der Waals surface area contributed by atoms with Crippen molar-refractivity contribution in [1.82, 2.24) is 0 Å². The van der Waals surface area contributed by atoms with E-state index in [0.29, 0.717) is 4.48 Å². The van der Waals surface area contributed by atoms with Gasteiger partial charge < -0.3 is 0 Å². The fourth-order valence-electron chi connectivity index (χ4n) is 0.732. The van der Waals surface area contributed by atoms with Gasteiger partial charge in [0.2, 0.25) is 0 Å². The Morgan fingerprint density at radius 3 is 2.60 bits per heavy atom. The van der Waals surface area contributed by atoms with E-state index >= 15 is 0 Å². The van der Waals surface area contributed by atoms with E-state index in [0.717, 1.165) is 6.42 Å². The molecular formula is C6H5Br3O. The fraction of sp³-hybridized carbons (Fsp3) is 0.500. The summed E-state index contributed by atoms with van der Waals surface area (Å²) in [5.74, 6) is 0.119. The predicted octanol–water partition coefficient (Wildman–Crippen LogP) is 2.77. The van der Waals surface area contributed by atoms with E-state index in [4.69, 9.17) is 0 Å². The number of rotatable bonds is 0. The molecule has 0 heterocycles. The molecule has 56 valence electrons. The summed E-state index contributed by atoms with van der Waals surface area (Å²) in [5, 5.41) is 0. The zero-order valence-corrected chi connectivity index (χ0v) is 9.74. The number of halogens is 3. The Kier molecular flexibility index (Phi) is 3.13. The SMILES string of the molecule is O=C1C(Br)=CCC(Br)C1Br. The van der Waals surface area contributed by atoms with Crippen molar-refractivity contribution in [3.05, 3.63) is 10.6 Å². The Balaban J connectivity index is 2.81. The summed E-state index contributed by atoms with van der Waals surface area (Å²) in [6.07, 6.45) is 2.78. The van der Waals surface area contributed by atoms with Crippen LogP contribution in [0.4, 0.5) is 0 Å². The molecule has 0 saturated carbocycles. The van der Waals surface area contributed by atoms with E-state index in [1.165, 1.54) is 0 Å². The second-order valence-electron chi connectivity index (χ2n) is 2.07. The maximum Gasteiger partial charge on any atom is 0.184 e. The molecule has 2 atom stereocenters. The summed E-state index contributed by atoms with van der Waals surface area (Å²) in [7, 11) is 0. The molecule has 0 aromatic rings. The molecule has 0 saturated heterocycles. The second-order valence-corrected chi connectivity index (χ2v) is 5.09. The zero-order chi connectivity index (χ0) is 7.72. The Morgan fingerprint density at radius 1 is 1.50 bits per heavy atom. The largest absolute Gasteiger partial charge is 0.292 e. The highest BCUT2D eigenvalue weighted by molar-refractivity contribution is 9.13. The average molecular weight is 333 g/mol. The van der Waals surface area contributed by atoms with Gasteiger partial charge in [0.1, 0.15) is 0 Å². The molecule has 4 heteroatoms. The van der Waals surface area contributed by atoms with Gasteiger partial charge in [0.05, 0.1) is 9.31 Å². The summed E-state index contributed by atoms with van der Waals surface area (Å²) < 4.78 is 0.685. The smallest absolute Gasteiger partial charge is 0.184 e. The standard InChI is InChI=1S/C6H5Br3O/c7-3-1-2-4(8)6(10)5(3)9/h2-3,5H,1H2. The van der Waals surface area contributed by atoms with Gasteiger partial charge in [-0.15, -0.1) is 0 Å². The lowest BCUT2D eigenvalue weighted by Gasteiger charge is -2.18. The van der Waals surface area contributed by atoms with Gasteiger partial charge in [-0.2, -0.15) is 0 Å². The number of carbonyl (C=O) groups is 1.